The van der Waals surface area contributed by atoms with Crippen molar-refractivity contribution in [3.05, 3.63) is 64.6 Å². The molecule has 1 saturated heterocycles. The van der Waals surface area contributed by atoms with Crippen molar-refractivity contribution in [2.24, 2.45) is 0 Å². The standard InChI is InChI=1S/C24H22ClN5OS/c25-19-12-16(13-21-18(19)5-6-26-21)27-24-28-20-3-1-15(11-22(20)29-24)23-4-2-17(32-23)14-30-7-9-31-10-8-30/h1-6,11-13,26H,7-10,14H2,(H2,27,28,29). The number of benzene rings is 2. The summed E-state index contributed by atoms with van der Waals surface area (Å²) in [5.41, 5.74) is 4.98. The minimum absolute atomic E-state index is 0.693. The number of fused-ring (bicyclic) bond motifs is 2. The highest BCUT2D eigenvalue weighted by Crippen LogP contribution is 2.32. The van der Waals surface area contributed by atoms with Gasteiger partial charge in [-0.1, -0.05) is 17.7 Å². The molecule has 6 nitrogen and oxygen atoms in total. The third-order valence-electron chi connectivity index (χ3n) is 5.79. The summed E-state index contributed by atoms with van der Waals surface area (Å²) < 4.78 is 5.45. The number of anilines is 2. The number of aromatic amines is 2. The normalized spacial score (nSPS) is 15.0. The Labute approximate surface area is 194 Å². The molecule has 0 saturated carbocycles. The third-order valence-corrected chi connectivity index (χ3v) is 7.23. The van der Waals surface area contributed by atoms with Crippen LogP contribution >= 0.6 is 22.9 Å². The number of hydrogen-bond acceptors (Lipinski definition) is 5. The van der Waals surface area contributed by atoms with Crippen molar-refractivity contribution >= 4 is 56.5 Å². The monoisotopic (exact) mass is 463 g/mol. The van der Waals surface area contributed by atoms with Crippen molar-refractivity contribution in [2.75, 3.05) is 31.6 Å². The molecule has 5 aromatic rings. The minimum atomic E-state index is 0.693. The van der Waals surface area contributed by atoms with Gasteiger partial charge in [0, 0.05) is 52.2 Å². The zero-order chi connectivity index (χ0) is 21.5. The van der Waals surface area contributed by atoms with Crippen molar-refractivity contribution in [3.8, 4) is 10.4 Å². The summed E-state index contributed by atoms with van der Waals surface area (Å²) in [6, 6.07) is 16.7. The number of morpholine rings is 1. The van der Waals surface area contributed by atoms with Gasteiger partial charge in [0.25, 0.3) is 0 Å². The molecule has 0 radical (unpaired) electrons. The SMILES string of the molecule is Clc1cc(Nc2nc3cc(-c4ccc(CN5CCOCC5)s4)ccc3[nH]2)cc2[nH]ccc12. The van der Waals surface area contributed by atoms with Crippen LogP contribution in [0.3, 0.4) is 0 Å². The van der Waals surface area contributed by atoms with E-state index in [1.165, 1.54) is 15.3 Å². The molecule has 2 aromatic carbocycles. The van der Waals surface area contributed by atoms with Crippen LogP contribution in [0.4, 0.5) is 11.6 Å². The lowest BCUT2D eigenvalue weighted by molar-refractivity contribution is 0.0346. The largest absolute Gasteiger partial charge is 0.379 e. The van der Waals surface area contributed by atoms with Gasteiger partial charge in [0.15, 0.2) is 0 Å². The van der Waals surface area contributed by atoms with Gasteiger partial charge in [0.05, 0.1) is 29.3 Å². The number of H-pyrrole nitrogens is 2. The topological polar surface area (TPSA) is 69.0 Å². The fraction of sp³-hybridized carbons (Fsp3) is 0.208. The summed E-state index contributed by atoms with van der Waals surface area (Å²) in [6.07, 6.45) is 1.89. The molecule has 0 spiro atoms. The van der Waals surface area contributed by atoms with Crippen LogP contribution in [0.25, 0.3) is 32.4 Å². The lowest BCUT2D eigenvalue weighted by Gasteiger charge is -2.25. The third kappa shape index (κ3) is 3.89. The van der Waals surface area contributed by atoms with Crippen LogP contribution in [0.5, 0.6) is 0 Å². The van der Waals surface area contributed by atoms with Gasteiger partial charge in [-0.15, -0.1) is 11.3 Å². The predicted molar refractivity (Wildman–Crippen MR) is 132 cm³/mol. The Bertz CT molecular complexity index is 1400. The number of nitrogens with zero attached hydrogens (tertiary/aromatic N) is 2. The first-order valence-electron chi connectivity index (χ1n) is 10.6. The first-order chi connectivity index (χ1) is 15.7. The summed E-state index contributed by atoms with van der Waals surface area (Å²) >= 11 is 8.25. The van der Waals surface area contributed by atoms with E-state index in [1.807, 2.05) is 35.7 Å². The molecule has 3 aromatic heterocycles. The lowest BCUT2D eigenvalue weighted by Crippen LogP contribution is -2.35. The van der Waals surface area contributed by atoms with Crippen LogP contribution in [0.2, 0.25) is 5.02 Å². The van der Waals surface area contributed by atoms with Gasteiger partial charge in [0.2, 0.25) is 5.95 Å². The second-order valence-electron chi connectivity index (χ2n) is 7.99. The summed E-state index contributed by atoms with van der Waals surface area (Å²) in [7, 11) is 0. The van der Waals surface area contributed by atoms with Gasteiger partial charge in [0.1, 0.15) is 0 Å². The average Bonchev–Trinajstić information content (AvgIpc) is 3.53. The maximum absolute atomic E-state index is 6.40. The summed E-state index contributed by atoms with van der Waals surface area (Å²) in [6.45, 7) is 4.65. The van der Waals surface area contributed by atoms with E-state index in [1.54, 1.807) is 0 Å². The van der Waals surface area contributed by atoms with Crippen LogP contribution < -0.4 is 5.32 Å². The number of rotatable bonds is 5. The second kappa shape index (κ2) is 8.26. The zero-order valence-corrected chi connectivity index (χ0v) is 18.9. The molecule has 6 rings (SSSR count). The van der Waals surface area contributed by atoms with Gasteiger partial charge in [-0.25, -0.2) is 4.98 Å². The van der Waals surface area contributed by atoms with Gasteiger partial charge >= 0.3 is 0 Å². The molecule has 0 bridgehead atoms. The molecular weight excluding hydrogens is 442 g/mol. The summed E-state index contributed by atoms with van der Waals surface area (Å²) in [4.78, 5) is 16.4. The minimum Gasteiger partial charge on any atom is -0.379 e. The molecule has 0 unspecified atom stereocenters. The smallest absolute Gasteiger partial charge is 0.205 e. The maximum Gasteiger partial charge on any atom is 0.205 e. The van der Waals surface area contributed by atoms with Crippen LogP contribution in [0, 0.1) is 0 Å². The van der Waals surface area contributed by atoms with Crippen molar-refractivity contribution in [1.82, 2.24) is 19.9 Å². The fourth-order valence-corrected chi connectivity index (χ4v) is 5.48. The first kappa shape index (κ1) is 19.8. The lowest BCUT2D eigenvalue weighted by atomic mass is 10.1. The van der Waals surface area contributed by atoms with E-state index in [-0.39, 0.29) is 0 Å². The van der Waals surface area contributed by atoms with E-state index in [2.05, 4.69) is 50.5 Å². The maximum atomic E-state index is 6.40. The van der Waals surface area contributed by atoms with Crippen LogP contribution in [-0.2, 0) is 11.3 Å². The van der Waals surface area contributed by atoms with Crippen molar-refractivity contribution < 1.29 is 4.74 Å². The second-order valence-corrected chi connectivity index (χ2v) is 9.57. The molecule has 32 heavy (non-hydrogen) atoms. The fourth-order valence-electron chi connectivity index (χ4n) is 4.15. The van der Waals surface area contributed by atoms with Crippen molar-refractivity contribution in [3.63, 3.8) is 0 Å². The highest BCUT2D eigenvalue weighted by Gasteiger charge is 2.13. The number of halogens is 1. The molecule has 3 N–H and O–H groups in total. The Morgan fingerprint density at radius 3 is 2.88 bits per heavy atom. The van der Waals surface area contributed by atoms with E-state index in [0.717, 1.165) is 60.5 Å². The molecule has 162 valence electrons. The highest BCUT2D eigenvalue weighted by molar-refractivity contribution is 7.15. The van der Waals surface area contributed by atoms with Crippen LogP contribution in [0.15, 0.2) is 54.7 Å². The molecule has 0 amide bonds. The molecule has 0 aliphatic carbocycles. The number of ether oxygens (including phenoxy) is 1. The number of imidazole rings is 1. The Hall–Kier alpha value is -2.84. The quantitative estimate of drug-likeness (QED) is 0.299. The summed E-state index contributed by atoms with van der Waals surface area (Å²) in [5.74, 6) is 0.693. The van der Waals surface area contributed by atoms with E-state index >= 15 is 0 Å². The molecule has 1 fully saturated rings. The van der Waals surface area contributed by atoms with Crippen molar-refractivity contribution in [2.45, 2.75) is 6.54 Å². The van der Waals surface area contributed by atoms with E-state index < -0.39 is 0 Å². The number of hydrogen-bond donors (Lipinski definition) is 3. The zero-order valence-electron chi connectivity index (χ0n) is 17.3. The van der Waals surface area contributed by atoms with Gasteiger partial charge < -0.3 is 20.0 Å². The predicted octanol–water partition coefficient (Wildman–Crippen LogP) is 6.00. The first-order valence-corrected chi connectivity index (χ1v) is 11.8. The molecule has 1 aliphatic rings. The Morgan fingerprint density at radius 2 is 1.97 bits per heavy atom. The van der Waals surface area contributed by atoms with E-state index in [9.17, 15) is 0 Å². The highest BCUT2D eigenvalue weighted by atomic mass is 35.5. The molecule has 1 aliphatic heterocycles. The van der Waals surface area contributed by atoms with E-state index in [0.29, 0.717) is 11.0 Å². The van der Waals surface area contributed by atoms with Gasteiger partial charge in [-0.3, -0.25) is 4.90 Å². The van der Waals surface area contributed by atoms with Gasteiger partial charge in [-0.2, -0.15) is 0 Å². The average molecular weight is 464 g/mol. The van der Waals surface area contributed by atoms with E-state index in [4.69, 9.17) is 21.3 Å². The molecule has 8 heteroatoms. The number of thiophene rings is 1. The van der Waals surface area contributed by atoms with Gasteiger partial charge in [-0.05, 0) is 48.0 Å². The summed E-state index contributed by atoms with van der Waals surface area (Å²) in [5, 5.41) is 5.05. The Balaban J connectivity index is 1.23. The van der Waals surface area contributed by atoms with Crippen LogP contribution in [0.1, 0.15) is 4.88 Å². The van der Waals surface area contributed by atoms with Crippen LogP contribution in [-0.4, -0.2) is 46.2 Å². The number of nitrogens with one attached hydrogen (secondary N) is 3. The Kier molecular flexibility index (Phi) is 5.11. The van der Waals surface area contributed by atoms with Crippen molar-refractivity contribution in [1.29, 1.82) is 0 Å². The number of aromatic nitrogens is 3. The molecule has 4 heterocycles. The molecule has 0 atom stereocenters. The Morgan fingerprint density at radius 1 is 1.06 bits per heavy atom. The molecular formula is C24H22ClN5OS.